The third-order valence-electron chi connectivity index (χ3n) is 4.11. The molecule has 2 aromatic rings. The maximum Gasteiger partial charge on any atom is 0.310 e. The highest BCUT2D eigenvalue weighted by molar-refractivity contribution is 14.1. The maximum atomic E-state index is 12.1. The van der Waals surface area contributed by atoms with Crippen LogP contribution in [0, 0.1) is 10.7 Å². The lowest BCUT2D eigenvalue weighted by Crippen LogP contribution is -2.28. The second-order valence-electron chi connectivity index (χ2n) is 6.03. The van der Waals surface area contributed by atoms with E-state index in [9.17, 15) is 9.90 Å². The largest absolute Gasteiger partial charge is 0.507 e. The molecule has 0 aliphatic rings. The molecule has 0 aliphatic heterocycles. The first kappa shape index (κ1) is 27.0. The average Bonchev–Trinajstić information content (AvgIpc) is 2.64. The van der Waals surface area contributed by atoms with Crippen LogP contribution in [0.25, 0.3) is 0 Å². The topological polar surface area (TPSA) is 59.0 Å². The first-order valence-corrected chi connectivity index (χ1v) is 12.1. The Morgan fingerprint density at radius 2 is 1.66 bits per heavy atom. The molecule has 0 atom stereocenters. The summed E-state index contributed by atoms with van der Waals surface area (Å²) in [6.07, 6.45) is 0.238. The number of carbonyl (C=O) groups is 1. The van der Waals surface area contributed by atoms with Crippen molar-refractivity contribution in [2.24, 2.45) is 0 Å². The molecule has 2 aromatic carbocycles. The summed E-state index contributed by atoms with van der Waals surface area (Å²) in [6.45, 7) is 7.26. The van der Waals surface area contributed by atoms with Gasteiger partial charge in [-0.1, -0.05) is 13.8 Å². The van der Waals surface area contributed by atoms with Crippen LogP contribution in [0.2, 0.25) is 0 Å². The van der Waals surface area contributed by atoms with E-state index < -0.39 is 0 Å². The molecule has 0 aromatic heterocycles. The van der Waals surface area contributed by atoms with E-state index in [1.54, 1.807) is 18.2 Å². The van der Waals surface area contributed by atoms with Crippen LogP contribution in [0.3, 0.4) is 0 Å². The van der Waals surface area contributed by atoms with Crippen molar-refractivity contribution in [3.05, 3.63) is 46.6 Å². The summed E-state index contributed by atoms with van der Waals surface area (Å²) in [5.74, 6) is 1.40. The Balaban J connectivity index is 0.00000420. The Hall–Kier alpha value is -0.0500. The van der Waals surface area contributed by atoms with Crippen molar-refractivity contribution in [3.8, 4) is 17.2 Å². The quantitative estimate of drug-likeness (QED) is 0.257. The number of esters is 1. The Kier molecular flexibility index (Phi) is 12.5. The zero-order valence-electron chi connectivity index (χ0n) is 16.1. The lowest BCUT2D eigenvalue weighted by molar-refractivity contribution is -0.143. The van der Waals surface area contributed by atoms with Gasteiger partial charge in [-0.25, -0.2) is 0 Å². The number of benzene rings is 2. The Bertz CT molecular complexity index is 808. The molecule has 0 heterocycles. The zero-order chi connectivity index (χ0) is 20.7. The molecule has 5 nitrogen and oxygen atoms in total. The molecule has 160 valence electrons. The molecule has 0 spiro atoms. The molecule has 0 bridgehead atoms. The molecule has 0 amide bonds. The van der Waals surface area contributed by atoms with Gasteiger partial charge in [-0.2, -0.15) is 0 Å². The van der Waals surface area contributed by atoms with E-state index in [0.29, 0.717) is 12.4 Å². The van der Waals surface area contributed by atoms with Crippen LogP contribution >= 0.6 is 80.2 Å². The molecule has 0 saturated carbocycles. The van der Waals surface area contributed by atoms with Crippen LogP contribution in [0.15, 0.2) is 30.3 Å². The molecule has 2 rings (SSSR count). The lowest BCUT2D eigenvalue weighted by atomic mass is 10.1. The number of likely N-dealkylation sites (N-methyl/N-ethyl adjacent to an activating group) is 1. The Morgan fingerprint density at radius 3 is 2.21 bits per heavy atom. The van der Waals surface area contributed by atoms with Gasteiger partial charge in [-0.05, 0) is 117 Å². The molecule has 9 heteroatoms. The highest BCUT2D eigenvalue weighted by atomic mass is 127. The van der Waals surface area contributed by atoms with Crippen molar-refractivity contribution in [3.63, 3.8) is 0 Å². The lowest BCUT2D eigenvalue weighted by Gasteiger charge is -2.17. The van der Waals surface area contributed by atoms with E-state index in [-0.39, 0.29) is 30.5 Å². The molecular weight excluding hydrogens is 734 g/mol. The minimum Gasteiger partial charge on any atom is -0.507 e. The highest BCUT2D eigenvalue weighted by Gasteiger charge is 2.14. The number of halogens is 4. The van der Waals surface area contributed by atoms with E-state index in [4.69, 9.17) is 9.47 Å². The normalized spacial score (nSPS) is 10.6. The predicted octanol–water partition coefficient (Wildman–Crippen LogP) is 5.85. The minimum absolute atomic E-state index is 0. The second kappa shape index (κ2) is 13.4. The zero-order valence-corrected chi connectivity index (χ0v) is 23.4. The first-order chi connectivity index (χ1) is 13.3. The number of phenolic OH excluding ortho intramolecular Hbond substituents is 1. The van der Waals surface area contributed by atoms with Crippen LogP contribution < -0.4 is 4.74 Å². The van der Waals surface area contributed by atoms with Crippen molar-refractivity contribution in [2.45, 2.75) is 20.3 Å². The van der Waals surface area contributed by atoms with E-state index in [1.807, 2.05) is 12.1 Å². The standard InChI is InChI=1S/C20H22I3NO4.ClH/c1-3-24(4-2)7-8-27-19(26)11-13-9-16(22)20(17(23)10-13)28-14-5-6-18(25)15(21)12-14;/h5-6,9-10,12,25H,3-4,7-8,11H2,1-2H3;1H. The Labute approximate surface area is 218 Å². The fourth-order valence-corrected chi connectivity index (χ4v) is 5.13. The first-order valence-electron chi connectivity index (χ1n) is 8.86. The SMILES string of the molecule is CCN(CC)CCOC(=O)Cc1cc(I)c(Oc2ccc(O)c(I)c2)c(I)c1.Cl. The third-order valence-corrected chi connectivity index (χ3v) is 6.58. The van der Waals surface area contributed by atoms with Gasteiger partial charge >= 0.3 is 5.97 Å². The number of rotatable bonds is 9. The minimum atomic E-state index is -0.222. The van der Waals surface area contributed by atoms with Gasteiger partial charge < -0.3 is 19.5 Å². The summed E-state index contributed by atoms with van der Waals surface area (Å²) in [4.78, 5) is 14.4. The molecular formula is C20H23ClI3NO4. The number of nitrogens with zero attached hydrogens (tertiary/aromatic N) is 1. The molecule has 0 saturated heterocycles. The van der Waals surface area contributed by atoms with Crippen LogP contribution in [-0.2, 0) is 16.0 Å². The molecule has 0 unspecified atom stereocenters. The number of carbonyl (C=O) groups excluding carboxylic acids is 1. The van der Waals surface area contributed by atoms with Gasteiger partial charge in [-0.15, -0.1) is 12.4 Å². The second-order valence-corrected chi connectivity index (χ2v) is 9.51. The molecule has 0 fully saturated rings. The van der Waals surface area contributed by atoms with Crippen LogP contribution in [0.4, 0.5) is 0 Å². The monoisotopic (exact) mass is 757 g/mol. The van der Waals surface area contributed by atoms with E-state index in [2.05, 4.69) is 86.5 Å². The summed E-state index contributed by atoms with van der Waals surface area (Å²) >= 11 is 6.48. The fourth-order valence-electron chi connectivity index (χ4n) is 2.53. The van der Waals surface area contributed by atoms with Gasteiger partial charge in [0, 0.05) is 6.54 Å². The number of phenols is 1. The fraction of sp³-hybridized carbons (Fsp3) is 0.350. The maximum absolute atomic E-state index is 12.1. The number of ether oxygens (including phenoxy) is 2. The van der Waals surface area contributed by atoms with Gasteiger partial charge in [-0.3, -0.25) is 4.79 Å². The smallest absolute Gasteiger partial charge is 0.310 e. The summed E-state index contributed by atoms with van der Waals surface area (Å²) in [5.41, 5.74) is 0.897. The molecule has 1 N–H and O–H groups in total. The molecule has 0 aliphatic carbocycles. The van der Waals surface area contributed by atoms with Crippen LogP contribution in [0.5, 0.6) is 17.2 Å². The summed E-state index contributed by atoms with van der Waals surface area (Å²) in [6, 6.07) is 9.00. The molecule has 29 heavy (non-hydrogen) atoms. The van der Waals surface area contributed by atoms with E-state index in [0.717, 1.165) is 41.7 Å². The summed E-state index contributed by atoms with van der Waals surface area (Å²) in [7, 11) is 0. The van der Waals surface area contributed by atoms with Gasteiger partial charge in [0.1, 0.15) is 18.1 Å². The van der Waals surface area contributed by atoms with Crippen molar-refractivity contribution < 1.29 is 19.4 Å². The average molecular weight is 758 g/mol. The third kappa shape index (κ3) is 8.54. The number of aromatic hydroxyl groups is 1. The highest BCUT2D eigenvalue weighted by Crippen LogP contribution is 2.34. The van der Waals surface area contributed by atoms with Gasteiger partial charge in [0.2, 0.25) is 0 Å². The van der Waals surface area contributed by atoms with Crippen molar-refractivity contribution in [1.29, 1.82) is 0 Å². The predicted molar refractivity (Wildman–Crippen MR) is 142 cm³/mol. The summed E-state index contributed by atoms with van der Waals surface area (Å²) in [5, 5.41) is 9.65. The van der Waals surface area contributed by atoms with Gasteiger partial charge in [0.25, 0.3) is 0 Å². The van der Waals surface area contributed by atoms with E-state index in [1.165, 1.54) is 0 Å². The Morgan fingerprint density at radius 1 is 1.03 bits per heavy atom. The van der Waals surface area contributed by atoms with Crippen LogP contribution in [-0.4, -0.2) is 42.2 Å². The van der Waals surface area contributed by atoms with E-state index >= 15 is 0 Å². The number of hydrogen-bond donors (Lipinski definition) is 1. The van der Waals surface area contributed by atoms with Crippen molar-refractivity contribution >= 4 is 86.1 Å². The van der Waals surface area contributed by atoms with Gasteiger partial charge in [0.15, 0.2) is 5.75 Å². The van der Waals surface area contributed by atoms with Crippen LogP contribution in [0.1, 0.15) is 19.4 Å². The summed E-state index contributed by atoms with van der Waals surface area (Å²) < 4.78 is 13.9. The van der Waals surface area contributed by atoms with Gasteiger partial charge in [0.05, 0.1) is 17.1 Å². The number of hydrogen-bond acceptors (Lipinski definition) is 5. The van der Waals surface area contributed by atoms with Crippen molar-refractivity contribution in [1.82, 2.24) is 4.90 Å². The van der Waals surface area contributed by atoms with Crippen molar-refractivity contribution in [2.75, 3.05) is 26.2 Å². The molecule has 0 radical (unpaired) electrons.